The molecule has 0 saturated heterocycles. The first-order valence-electron chi connectivity index (χ1n) is 7.96. The zero-order valence-corrected chi connectivity index (χ0v) is 13.7. The van der Waals surface area contributed by atoms with Crippen LogP contribution < -0.4 is 5.32 Å². The molecule has 0 aliphatic rings. The quantitative estimate of drug-likeness (QED) is 0.847. The van der Waals surface area contributed by atoms with Gasteiger partial charge in [0.05, 0.1) is 0 Å². The fourth-order valence-corrected chi connectivity index (χ4v) is 2.35. The molecular weight excluding hydrogens is 291 g/mol. The van der Waals surface area contributed by atoms with E-state index in [1.807, 2.05) is 24.3 Å². The molecule has 0 aliphatic carbocycles. The topological polar surface area (TPSA) is 32.3 Å². The highest BCUT2D eigenvalue weighted by Crippen LogP contribution is 2.08. The second-order valence-corrected chi connectivity index (χ2v) is 5.47. The molecule has 2 rings (SSSR count). The van der Waals surface area contributed by atoms with E-state index in [9.17, 15) is 9.18 Å². The SMILES string of the molecule is CCN(CC)Cc1ccc(C(=O)NCc2ccc(F)cc2)cc1. The maximum Gasteiger partial charge on any atom is 0.251 e. The first-order chi connectivity index (χ1) is 11.1. The first kappa shape index (κ1) is 17.2. The Hall–Kier alpha value is -2.20. The maximum absolute atomic E-state index is 12.8. The minimum atomic E-state index is -0.274. The second-order valence-electron chi connectivity index (χ2n) is 5.47. The number of nitrogens with one attached hydrogen (secondary N) is 1. The molecule has 3 nitrogen and oxygen atoms in total. The number of carbonyl (C=O) groups excluding carboxylic acids is 1. The van der Waals surface area contributed by atoms with Crippen molar-refractivity contribution in [2.75, 3.05) is 13.1 Å². The summed E-state index contributed by atoms with van der Waals surface area (Å²) < 4.78 is 12.8. The van der Waals surface area contributed by atoms with Gasteiger partial charge in [-0.3, -0.25) is 9.69 Å². The molecule has 0 aromatic heterocycles. The van der Waals surface area contributed by atoms with Gasteiger partial charge < -0.3 is 5.32 Å². The van der Waals surface area contributed by atoms with E-state index in [1.54, 1.807) is 12.1 Å². The second kappa shape index (κ2) is 8.44. The van der Waals surface area contributed by atoms with Crippen molar-refractivity contribution >= 4 is 5.91 Å². The predicted octanol–water partition coefficient (Wildman–Crippen LogP) is 3.60. The van der Waals surface area contributed by atoms with Crippen LogP contribution in [-0.4, -0.2) is 23.9 Å². The van der Waals surface area contributed by atoms with Gasteiger partial charge >= 0.3 is 0 Å². The normalized spacial score (nSPS) is 10.8. The summed E-state index contributed by atoms with van der Waals surface area (Å²) in [6.45, 7) is 7.58. The largest absolute Gasteiger partial charge is 0.348 e. The fraction of sp³-hybridized carbons (Fsp3) is 0.316. The van der Waals surface area contributed by atoms with Gasteiger partial charge in [0, 0.05) is 18.7 Å². The molecule has 0 fully saturated rings. The third kappa shape index (κ3) is 5.18. The van der Waals surface area contributed by atoms with E-state index in [1.165, 1.54) is 17.7 Å². The number of carbonyl (C=O) groups is 1. The first-order valence-corrected chi connectivity index (χ1v) is 7.96. The summed E-state index contributed by atoms with van der Waals surface area (Å²) in [5.41, 5.74) is 2.71. The van der Waals surface area contributed by atoms with E-state index >= 15 is 0 Å². The van der Waals surface area contributed by atoms with Crippen molar-refractivity contribution in [3.63, 3.8) is 0 Å². The van der Waals surface area contributed by atoms with Crippen molar-refractivity contribution in [2.24, 2.45) is 0 Å². The molecule has 0 aliphatic heterocycles. The van der Waals surface area contributed by atoms with Crippen LogP contribution in [0.1, 0.15) is 35.3 Å². The minimum Gasteiger partial charge on any atom is -0.348 e. The van der Waals surface area contributed by atoms with Gasteiger partial charge in [-0.05, 0) is 48.5 Å². The van der Waals surface area contributed by atoms with Gasteiger partial charge in [0.15, 0.2) is 0 Å². The van der Waals surface area contributed by atoms with Crippen LogP contribution in [-0.2, 0) is 13.1 Å². The van der Waals surface area contributed by atoms with Crippen molar-refractivity contribution < 1.29 is 9.18 Å². The van der Waals surface area contributed by atoms with Gasteiger partial charge in [-0.15, -0.1) is 0 Å². The third-order valence-corrected chi connectivity index (χ3v) is 3.88. The lowest BCUT2D eigenvalue weighted by Crippen LogP contribution is -2.23. The van der Waals surface area contributed by atoms with Crippen molar-refractivity contribution in [2.45, 2.75) is 26.9 Å². The van der Waals surface area contributed by atoms with Crippen molar-refractivity contribution in [1.29, 1.82) is 0 Å². The lowest BCUT2D eigenvalue weighted by Gasteiger charge is -2.18. The highest BCUT2D eigenvalue weighted by molar-refractivity contribution is 5.94. The molecule has 4 heteroatoms. The molecule has 1 N–H and O–H groups in total. The number of rotatable bonds is 7. The van der Waals surface area contributed by atoms with E-state index in [0.29, 0.717) is 12.1 Å². The van der Waals surface area contributed by atoms with Gasteiger partial charge in [0.25, 0.3) is 5.91 Å². The Balaban J connectivity index is 1.90. The van der Waals surface area contributed by atoms with E-state index < -0.39 is 0 Å². The van der Waals surface area contributed by atoms with Crippen LogP contribution in [0.15, 0.2) is 48.5 Å². The van der Waals surface area contributed by atoms with Crippen LogP contribution in [0.5, 0.6) is 0 Å². The Morgan fingerprint density at radius 1 is 0.957 bits per heavy atom. The standard InChI is InChI=1S/C19H23FN2O/c1-3-22(4-2)14-16-5-9-17(10-6-16)19(23)21-13-15-7-11-18(20)12-8-15/h5-12H,3-4,13-14H2,1-2H3,(H,21,23). The number of halogens is 1. The summed E-state index contributed by atoms with van der Waals surface area (Å²) >= 11 is 0. The predicted molar refractivity (Wildman–Crippen MR) is 90.6 cm³/mol. The summed E-state index contributed by atoms with van der Waals surface area (Å²) in [6.07, 6.45) is 0. The number of nitrogens with zero attached hydrogens (tertiary/aromatic N) is 1. The summed E-state index contributed by atoms with van der Waals surface area (Å²) in [7, 11) is 0. The van der Waals surface area contributed by atoms with E-state index in [-0.39, 0.29) is 11.7 Å². The van der Waals surface area contributed by atoms with Gasteiger partial charge in [-0.2, -0.15) is 0 Å². The van der Waals surface area contributed by atoms with E-state index in [2.05, 4.69) is 24.1 Å². The van der Waals surface area contributed by atoms with Crippen LogP contribution >= 0.6 is 0 Å². The summed E-state index contributed by atoms with van der Waals surface area (Å²) in [5, 5.41) is 2.85. The van der Waals surface area contributed by atoms with Crippen molar-refractivity contribution in [3.05, 3.63) is 71.0 Å². The van der Waals surface area contributed by atoms with Crippen LogP contribution in [0.2, 0.25) is 0 Å². The lowest BCUT2D eigenvalue weighted by atomic mass is 10.1. The molecule has 0 saturated carbocycles. The lowest BCUT2D eigenvalue weighted by molar-refractivity contribution is 0.0951. The van der Waals surface area contributed by atoms with Crippen LogP contribution in [0.3, 0.4) is 0 Å². The Morgan fingerprint density at radius 2 is 1.52 bits per heavy atom. The molecule has 1 amide bonds. The van der Waals surface area contributed by atoms with E-state index in [4.69, 9.17) is 0 Å². The third-order valence-electron chi connectivity index (χ3n) is 3.88. The molecule has 0 heterocycles. The minimum absolute atomic E-state index is 0.122. The van der Waals surface area contributed by atoms with Gasteiger partial charge in [-0.25, -0.2) is 4.39 Å². The summed E-state index contributed by atoms with van der Waals surface area (Å²) in [4.78, 5) is 14.5. The molecule has 2 aromatic rings. The van der Waals surface area contributed by atoms with Crippen molar-refractivity contribution in [1.82, 2.24) is 10.2 Å². The monoisotopic (exact) mass is 314 g/mol. The molecule has 0 spiro atoms. The molecule has 0 atom stereocenters. The van der Waals surface area contributed by atoms with Crippen LogP contribution in [0, 0.1) is 5.82 Å². The number of benzene rings is 2. The Labute approximate surface area is 137 Å². The molecule has 2 aromatic carbocycles. The van der Waals surface area contributed by atoms with Crippen molar-refractivity contribution in [3.8, 4) is 0 Å². The van der Waals surface area contributed by atoms with Gasteiger partial charge in [0.2, 0.25) is 0 Å². The molecule has 0 unspecified atom stereocenters. The average Bonchev–Trinajstić information content (AvgIpc) is 2.59. The smallest absolute Gasteiger partial charge is 0.251 e. The molecule has 0 bridgehead atoms. The Kier molecular flexibility index (Phi) is 6.29. The molecule has 122 valence electrons. The molecule has 0 radical (unpaired) electrons. The highest BCUT2D eigenvalue weighted by atomic mass is 19.1. The zero-order chi connectivity index (χ0) is 16.7. The maximum atomic E-state index is 12.8. The Morgan fingerprint density at radius 3 is 2.09 bits per heavy atom. The summed E-state index contributed by atoms with van der Waals surface area (Å²) in [5.74, 6) is -0.396. The van der Waals surface area contributed by atoms with Gasteiger partial charge in [0.1, 0.15) is 5.82 Å². The molecule has 23 heavy (non-hydrogen) atoms. The number of amides is 1. The number of hydrogen-bond acceptors (Lipinski definition) is 2. The van der Waals surface area contributed by atoms with Crippen LogP contribution in [0.25, 0.3) is 0 Å². The van der Waals surface area contributed by atoms with Gasteiger partial charge in [-0.1, -0.05) is 38.1 Å². The summed E-state index contributed by atoms with van der Waals surface area (Å²) in [6, 6.07) is 13.8. The average molecular weight is 314 g/mol. The highest BCUT2D eigenvalue weighted by Gasteiger charge is 2.06. The zero-order valence-electron chi connectivity index (χ0n) is 13.7. The Bertz CT molecular complexity index is 619. The van der Waals surface area contributed by atoms with Crippen LogP contribution in [0.4, 0.5) is 4.39 Å². The fourth-order valence-electron chi connectivity index (χ4n) is 2.35. The molecular formula is C19H23FN2O. The van der Waals surface area contributed by atoms with E-state index in [0.717, 1.165) is 25.2 Å². The number of hydrogen-bond donors (Lipinski definition) is 1.